The summed E-state index contributed by atoms with van der Waals surface area (Å²) in [4.78, 5) is 15.8. The topological polar surface area (TPSA) is 97.3 Å². The van der Waals surface area contributed by atoms with Crippen LogP contribution >= 0.6 is 0 Å². The van der Waals surface area contributed by atoms with Crippen molar-refractivity contribution in [2.45, 2.75) is 13.8 Å². The maximum absolute atomic E-state index is 12.8. The average Bonchev–Trinajstić information content (AvgIpc) is 3.09. The van der Waals surface area contributed by atoms with Gasteiger partial charge in [0.2, 0.25) is 5.76 Å². The van der Waals surface area contributed by atoms with Crippen molar-refractivity contribution in [3.63, 3.8) is 0 Å². The summed E-state index contributed by atoms with van der Waals surface area (Å²) in [6, 6.07) is 8.16. The van der Waals surface area contributed by atoms with Gasteiger partial charge in [0.05, 0.1) is 11.9 Å². The maximum atomic E-state index is 12.8. The second kappa shape index (κ2) is 7.14. The zero-order chi connectivity index (χ0) is 18.7. The molecule has 0 saturated heterocycles. The Hall–Kier alpha value is -3.55. The predicted octanol–water partition coefficient (Wildman–Crippen LogP) is 4.77. The van der Waals surface area contributed by atoms with Gasteiger partial charge in [0, 0.05) is 0 Å². The first-order valence-corrected chi connectivity index (χ1v) is 7.58. The van der Waals surface area contributed by atoms with Crippen molar-refractivity contribution in [2.24, 2.45) is 10.2 Å². The van der Waals surface area contributed by atoms with Crippen molar-refractivity contribution in [3.8, 4) is 11.5 Å². The fourth-order valence-corrected chi connectivity index (χ4v) is 2.16. The molecule has 0 aliphatic rings. The van der Waals surface area contributed by atoms with Crippen molar-refractivity contribution in [1.29, 1.82) is 0 Å². The van der Waals surface area contributed by atoms with Gasteiger partial charge in [-0.3, -0.25) is 0 Å². The van der Waals surface area contributed by atoms with E-state index < -0.39 is 11.8 Å². The minimum atomic E-state index is -0.790. The third kappa shape index (κ3) is 3.92. The van der Waals surface area contributed by atoms with Crippen LogP contribution in [0.4, 0.5) is 16.1 Å². The molecule has 1 aromatic heterocycles. The molecule has 0 amide bonds. The Kier molecular flexibility index (Phi) is 4.74. The van der Waals surface area contributed by atoms with Crippen LogP contribution in [0.15, 0.2) is 57.2 Å². The number of phenols is 1. The number of halogens is 1. The minimum Gasteiger partial charge on any atom is -0.507 e. The van der Waals surface area contributed by atoms with Crippen molar-refractivity contribution in [2.75, 3.05) is 0 Å². The number of hydrogen-bond acceptors (Lipinski definition) is 7. The van der Waals surface area contributed by atoms with Crippen LogP contribution in [0.3, 0.4) is 0 Å². The van der Waals surface area contributed by atoms with Crippen molar-refractivity contribution in [3.05, 3.63) is 65.3 Å². The third-order valence-corrected chi connectivity index (χ3v) is 3.45. The van der Waals surface area contributed by atoms with Gasteiger partial charge >= 0.3 is 12.0 Å². The molecule has 132 valence electrons. The highest BCUT2D eigenvalue weighted by Gasteiger charge is 2.15. The number of carbonyl (C=O) groups excluding carboxylic acids is 1. The molecule has 0 bridgehead atoms. The molecule has 1 heterocycles. The smallest absolute Gasteiger partial charge is 0.381 e. The molecule has 0 aliphatic heterocycles. The lowest BCUT2D eigenvalue weighted by molar-refractivity contribution is 0.0702. The molecule has 7 nitrogen and oxygen atoms in total. The molecule has 0 atom stereocenters. The van der Waals surface area contributed by atoms with Gasteiger partial charge in [0.25, 0.3) is 0 Å². The number of esters is 1. The Morgan fingerprint density at radius 2 is 1.81 bits per heavy atom. The summed E-state index contributed by atoms with van der Waals surface area (Å²) in [5, 5.41) is 17.5. The SMILES string of the molecule is Cc1cc(/N=N/c2ncc(C(=O)Oc3ccc(F)cc3)o2)cc(C)c1O. The summed E-state index contributed by atoms with van der Waals surface area (Å²) in [7, 11) is 0. The molecule has 0 unspecified atom stereocenters. The van der Waals surface area contributed by atoms with E-state index in [1.165, 1.54) is 24.3 Å². The van der Waals surface area contributed by atoms with E-state index >= 15 is 0 Å². The van der Waals surface area contributed by atoms with Crippen LogP contribution in [0, 0.1) is 19.7 Å². The maximum Gasteiger partial charge on any atom is 0.381 e. The first-order valence-electron chi connectivity index (χ1n) is 7.58. The Morgan fingerprint density at radius 1 is 1.15 bits per heavy atom. The van der Waals surface area contributed by atoms with Gasteiger partial charge in [-0.15, -0.1) is 5.11 Å². The standard InChI is InChI=1S/C18H14FN3O4/c1-10-7-13(8-11(2)16(10)23)21-22-18-20-9-15(26-18)17(24)25-14-5-3-12(19)4-6-14/h3-9,23H,1-2H3/b22-21+. The third-order valence-electron chi connectivity index (χ3n) is 3.45. The lowest BCUT2D eigenvalue weighted by atomic mass is 10.1. The monoisotopic (exact) mass is 355 g/mol. The minimum absolute atomic E-state index is 0.126. The lowest BCUT2D eigenvalue weighted by Crippen LogP contribution is -2.07. The quantitative estimate of drug-likeness (QED) is 0.413. The highest BCUT2D eigenvalue weighted by atomic mass is 19.1. The molecule has 1 N–H and O–H groups in total. The first-order chi connectivity index (χ1) is 12.4. The van der Waals surface area contributed by atoms with Crippen LogP contribution < -0.4 is 4.74 Å². The Balaban J connectivity index is 1.71. The summed E-state index contributed by atoms with van der Waals surface area (Å²) >= 11 is 0. The highest BCUT2D eigenvalue weighted by Crippen LogP contribution is 2.28. The van der Waals surface area contributed by atoms with E-state index in [0.29, 0.717) is 16.8 Å². The van der Waals surface area contributed by atoms with Crippen LogP contribution in [0.1, 0.15) is 21.7 Å². The number of benzene rings is 2. The van der Waals surface area contributed by atoms with E-state index in [9.17, 15) is 14.3 Å². The molecule has 2 aromatic carbocycles. The van der Waals surface area contributed by atoms with Crippen molar-refractivity contribution >= 4 is 17.7 Å². The second-order valence-corrected chi connectivity index (χ2v) is 5.48. The van der Waals surface area contributed by atoms with Gasteiger partial charge in [0.15, 0.2) is 0 Å². The Bertz CT molecular complexity index is 957. The van der Waals surface area contributed by atoms with Gasteiger partial charge in [0.1, 0.15) is 17.3 Å². The van der Waals surface area contributed by atoms with Crippen LogP contribution in [-0.2, 0) is 0 Å². The summed E-state index contributed by atoms with van der Waals surface area (Å²) in [6.07, 6.45) is 1.16. The van der Waals surface area contributed by atoms with E-state index in [1.54, 1.807) is 26.0 Å². The first kappa shape index (κ1) is 17.3. The number of phenolic OH excluding ortho intramolecular Hbond substituents is 1. The number of azo groups is 1. The van der Waals surface area contributed by atoms with Crippen LogP contribution in [0.25, 0.3) is 0 Å². The summed E-state index contributed by atoms with van der Waals surface area (Å²) in [5.74, 6) is -1.02. The van der Waals surface area contributed by atoms with Gasteiger partial charge in [-0.05, 0) is 61.4 Å². The number of nitrogens with zero attached hydrogens (tertiary/aromatic N) is 3. The average molecular weight is 355 g/mol. The van der Waals surface area contributed by atoms with Gasteiger partial charge in [-0.1, -0.05) is 5.11 Å². The molecular formula is C18H14FN3O4. The van der Waals surface area contributed by atoms with E-state index in [4.69, 9.17) is 9.15 Å². The number of carbonyl (C=O) groups is 1. The zero-order valence-corrected chi connectivity index (χ0v) is 13.9. The Labute approximate surface area is 147 Å². The van der Waals surface area contributed by atoms with E-state index in [2.05, 4.69) is 15.2 Å². The van der Waals surface area contributed by atoms with E-state index in [0.717, 1.165) is 6.20 Å². The Morgan fingerprint density at radius 3 is 2.46 bits per heavy atom. The summed E-state index contributed by atoms with van der Waals surface area (Å²) in [5.41, 5.74) is 1.83. The summed E-state index contributed by atoms with van der Waals surface area (Å²) in [6.45, 7) is 3.49. The van der Waals surface area contributed by atoms with Gasteiger partial charge in [-0.2, -0.15) is 4.98 Å². The molecule has 0 fully saturated rings. The van der Waals surface area contributed by atoms with Crippen LogP contribution in [-0.4, -0.2) is 16.1 Å². The van der Waals surface area contributed by atoms with Crippen LogP contribution in [0.5, 0.6) is 11.5 Å². The van der Waals surface area contributed by atoms with Crippen molar-refractivity contribution in [1.82, 2.24) is 4.98 Å². The van der Waals surface area contributed by atoms with Crippen molar-refractivity contribution < 1.29 is 23.4 Å². The number of ether oxygens (including phenoxy) is 1. The number of aromatic nitrogens is 1. The number of hydrogen-bond donors (Lipinski definition) is 1. The molecule has 0 saturated carbocycles. The molecule has 0 aliphatic carbocycles. The number of aromatic hydroxyl groups is 1. The van der Waals surface area contributed by atoms with E-state index in [-0.39, 0.29) is 23.3 Å². The normalized spacial score (nSPS) is 11.0. The fourth-order valence-electron chi connectivity index (χ4n) is 2.16. The molecular weight excluding hydrogens is 341 g/mol. The van der Waals surface area contributed by atoms with Gasteiger partial charge < -0.3 is 14.3 Å². The largest absolute Gasteiger partial charge is 0.507 e. The zero-order valence-electron chi connectivity index (χ0n) is 13.9. The molecule has 3 rings (SSSR count). The molecule has 8 heteroatoms. The lowest BCUT2D eigenvalue weighted by Gasteiger charge is -2.03. The number of rotatable bonds is 4. The number of oxazole rings is 1. The predicted molar refractivity (Wildman–Crippen MR) is 89.6 cm³/mol. The summed E-state index contributed by atoms with van der Waals surface area (Å²) < 4.78 is 23.1. The van der Waals surface area contributed by atoms with Crippen LogP contribution in [0.2, 0.25) is 0 Å². The molecule has 0 radical (unpaired) electrons. The molecule has 26 heavy (non-hydrogen) atoms. The fraction of sp³-hybridized carbons (Fsp3) is 0.111. The second-order valence-electron chi connectivity index (χ2n) is 5.48. The number of aryl methyl sites for hydroxylation is 2. The highest BCUT2D eigenvalue weighted by molar-refractivity contribution is 5.87. The van der Waals surface area contributed by atoms with Gasteiger partial charge in [-0.25, -0.2) is 9.18 Å². The molecule has 0 spiro atoms. The molecule has 3 aromatic rings. The van der Waals surface area contributed by atoms with E-state index in [1.807, 2.05) is 0 Å².